The van der Waals surface area contributed by atoms with E-state index in [0.29, 0.717) is 12.0 Å². The quantitative estimate of drug-likeness (QED) is 0.165. The van der Waals surface area contributed by atoms with E-state index in [1.165, 1.54) is 24.0 Å². The third kappa shape index (κ3) is 7.92. The Kier molecular flexibility index (Phi) is 10.2. The molecule has 1 aromatic rings. The molecule has 36 heavy (non-hydrogen) atoms. The third-order valence-electron chi connectivity index (χ3n) is 5.91. The van der Waals surface area contributed by atoms with Gasteiger partial charge in [0.1, 0.15) is 23.9 Å². The molecular weight excluding hydrogens is 474 g/mol. The number of hydrogen-bond donors (Lipinski definition) is 7. The number of rotatable bonds is 12. The summed E-state index contributed by atoms with van der Waals surface area (Å²) in [6.07, 6.45) is -0.949. The lowest BCUT2D eigenvalue weighted by molar-refractivity contribution is -0.146. The van der Waals surface area contributed by atoms with Gasteiger partial charge in [-0.15, -0.1) is 0 Å². The van der Waals surface area contributed by atoms with Crippen LogP contribution in [0.1, 0.15) is 38.2 Å². The Morgan fingerprint density at radius 2 is 1.78 bits per heavy atom. The second-order valence-corrected chi connectivity index (χ2v) is 8.80. The number of phenolic OH excluding ortho intramolecular Hbond substituents is 1. The topological polar surface area (TPSA) is 225 Å². The first-order valence-corrected chi connectivity index (χ1v) is 11.5. The molecule has 0 aromatic heterocycles. The zero-order valence-electron chi connectivity index (χ0n) is 19.9. The van der Waals surface area contributed by atoms with E-state index in [9.17, 15) is 39.3 Å². The van der Waals surface area contributed by atoms with Crippen LogP contribution in [0, 0.1) is 0 Å². The fourth-order valence-corrected chi connectivity index (χ4v) is 3.92. The Hall–Kier alpha value is -3.71. The number of hydrogen-bond acceptors (Lipinski definition) is 8. The monoisotopic (exact) mass is 507 g/mol. The summed E-state index contributed by atoms with van der Waals surface area (Å²) < 4.78 is 0. The zero-order valence-corrected chi connectivity index (χ0v) is 19.9. The second kappa shape index (κ2) is 12.8. The summed E-state index contributed by atoms with van der Waals surface area (Å²) >= 11 is 0. The number of nitrogens with one attached hydrogen (secondary N) is 2. The Bertz CT molecular complexity index is 968. The molecule has 0 saturated carbocycles. The van der Waals surface area contributed by atoms with Crippen molar-refractivity contribution in [3.63, 3.8) is 0 Å². The lowest BCUT2D eigenvalue weighted by Gasteiger charge is -2.31. The van der Waals surface area contributed by atoms with Gasteiger partial charge in [0.25, 0.3) is 0 Å². The molecule has 0 bridgehead atoms. The largest absolute Gasteiger partial charge is 0.508 e. The SMILES string of the molecule is CC(O)C(NC(=O)C(N)Cc1ccc(O)cc1)C(=O)N1CCCC1C(=O)NC(CCC(N)=O)C(=O)O. The number of carbonyl (C=O) groups is 5. The van der Waals surface area contributed by atoms with E-state index in [1.807, 2.05) is 0 Å². The summed E-state index contributed by atoms with van der Waals surface area (Å²) in [5.74, 6) is -4.14. The zero-order chi connectivity index (χ0) is 27.0. The van der Waals surface area contributed by atoms with Crippen LogP contribution in [0.25, 0.3) is 0 Å². The van der Waals surface area contributed by atoms with E-state index in [4.69, 9.17) is 11.5 Å². The lowest BCUT2D eigenvalue weighted by atomic mass is 10.0. The second-order valence-electron chi connectivity index (χ2n) is 8.80. The Morgan fingerprint density at radius 1 is 1.14 bits per heavy atom. The number of likely N-dealkylation sites (tertiary alicyclic amines) is 1. The van der Waals surface area contributed by atoms with Gasteiger partial charge in [-0.1, -0.05) is 12.1 Å². The minimum Gasteiger partial charge on any atom is -0.508 e. The number of aliphatic carboxylic acids is 1. The van der Waals surface area contributed by atoms with Gasteiger partial charge >= 0.3 is 5.97 Å². The minimum absolute atomic E-state index is 0.0586. The molecule has 2 rings (SSSR count). The minimum atomic E-state index is -1.39. The van der Waals surface area contributed by atoms with Crippen molar-refractivity contribution in [1.82, 2.24) is 15.5 Å². The first-order chi connectivity index (χ1) is 16.9. The summed E-state index contributed by atoms with van der Waals surface area (Å²) in [7, 11) is 0. The molecule has 198 valence electrons. The smallest absolute Gasteiger partial charge is 0.326 e. The van der Waals surface area contributed by atoms with Crippen molar-refractivity contribution in [1.29, 1.82) is 0 Å². The summed E-state index contributed by atoms with van der Waals surface area (Å²) in [4.78, 5) is 62.3. The van der Waals surface area contributed by atoms with Crippen molar-refractivity contribution in [2.24, 2.45) is 11.5 Å². The molecule has 0 aliphatic carbocycles. The number of primary amides is 1. The van der Waals surface area contributed by atoms with Gasteiger partial charge in [0.05, 0.1) is 12.1 Å². The first kappa shape index (κ1) is 28.5. The number of carbonyl (C=O) groups excluding carboxylic acids is 4. The summed E-state index contributed by atoms with van der Waals surface area (Å²) in [6.45, 7) is 1.47. The average Bonchev–Trinajstić information content (AvgIpc) is 3.30. The van der Waals surface area contributed by atoms with E-state index in [2.05, 4.69) is 10.6 Å². The number of aromatic hydroxyl groups is 1. The maximum absolute atomic E-state index is 13.2. The highest BCUT2D eigenvalue weighted by molar-refractivity contribution is 5.95. The maximum atomic E-state index is 13.2. The maximum Gasteiger partial charge on any atom is 0.326 e. The highest BCUT2D eigenvalue weighted by Crippen LogP contribution is 2.20. The molecule has 13 nitrogen and oxygen atoms in total. The van der Waals surface area contributed by atoms with Crippen LogP contribution in [0.3, 0.4) is 0 Å². The summed E-state index contributed by atoms with van der Waals surface area (Å²) in [6, 6.07) is 1.27. The molecule has 0 spiro atoms. The van der Waals surface area contributed by atoms with E-state index >= 15 is 0 Å². The van der Waals surface area contributed by atoms with E-state index in [0.717, 1.165) is 0 Å². The molecule has 1 aliphatic rings. The molecule has 1 aliphatic heterocycles. The van der Waals surface area contributed by atoms with Gasteiger partial charge in [-0.3, -0.25) is 19.2 Å². The number of carboxylic acid groups (broad SMARTS) is 1. The highest BCUT2D eigenvalue weighted by Gasteiger charge is 2.40. The van der Waals surface area contributed by atoms with Crippen LogP contribution in [0.4, 0.5) is 0 Å². The van der Waals surface area contributed by atoms with Crippen molar-refractivity contribution in [3.8, 4) is 5.75 Å². The predicted octanol–water partition coefficient (Wildman–Crippen LogP) is -2.05. The molecule has 4 amide bonds. The van der Waals surface area contributed by atoms with Gasteiger partial charge < -0.3 is 42.3 Å². The van der Waals surface area contributed by atoms with Gasteiger partial charge in [0.15, 0.2) is 0 Å². The fourth-order valence-electron chi connectivity index (χ4n) is 3.92. The third-order valence-corrected chi connectivity index (χ3v) is 5.91. The Morgan fingerprint density at radius 3 is 2.33 bits per heavy atom. The number of nitrogens with zero attached hydrogens (tertiary/aromatic N) is 1. The molecule has 13 heteroatoms. The number of phenols is 1. The molecule has 0 radical (unpaired) electrons. The number of nitrogens with two attached hydrogens (primary N) is 2. The van der Waals surface area contributed by atoms with Crippen LogP contribution in [0.5, 0.6) is 5.75 Å². The molecular formula is C23H33N5O8. The van der Waals surface area contributed by atoms with Crippen LogP contribution in [-0.2, 0) is 30.4 Å². The van der Waals surface area contributed by atoms with Gasteiger partial charge in [0, 0.05) is 13.0 Å². The van der Waals surface area contributed by atoms with E-state index < -0.39 is 59.9 Å². The Labute approximate surface area is 207 Å². The van der Waals surface area contributed by atoms with Crippen molar-refractivity contribution in [3.05, 3.63) is 29.8 Å². The van der Waals surface area contributed by atoms with Crippen molar-refractivity contribution < 1.29 is 39.3 Å². The number of aliphatic hydroxyl groups excluding tert-OH is 1. The van der Waals surface area contributed by atoms with Crippen LogP contribution >= 0.6 is 0 Å². The van der Waals surface area contributed by atoms with Crippen LogP contribution in [-0.4, -0.2) is 86.6 Å². The molecule has 5 atom stereocenters. The summed E-state index contributed by atoms with van der Waals surface area (Å²) in [5.41, 5.74) is 11.7. The normalized spacial score (nSPS) is 18.5. The summed E-state index contributed by atoms with van der Waals surface area (Å²) in [5, 5.41) is 33.7. The van der Waals surface area contributed by atoms with Crippen molar-refractivity contribution in [2.45, 2.75) is 69.3 Å². The highest BCUT2D eigenvalue weighted by atomic mass is 16.4. The predicted molar refractivity (Wildman–Crippen MR) is 126 cm³/mol. The molecule has 1 heterocycles. The van der Waals surface area contributed by atoms with Crippen LogP contribution in [0.2, 0.25) is 0 Å². The van der Waals surface area contributed by atoms with Gasteiger partial charge in [-0.2, -0.15) is 0 Å². The standard InChI is InChI=1S/C23H33N5O8/c1-12(29)19(27-20(32)15(24)11-13-4-6-14(30)7-5-13)22(34)28-10-2-3-17(28)21(33)26-16(23(35)36)8-9-18(25)31/h4-7,12,15-17,19,29-30H,2-3,8-11,24H2,1H3,(H2,25,31)(H,26,33)(H,27,32)(H,35,36). The molecule has 1 aromatic carbocycles. The van der Waals surface area contributed by atoms with Crippen LogP contribution in [0.15, 0.2) is 24.3 Å². The molecule has 5 unspecified atom stereocenters. The van der Waals surface area contributed by atoms with Crippen molar-refractivity contribution >= 4 is 29.6 Å². The van der Waals surface area contributed by atoms with E-state index in [-0.39, 0.29) is 38.0 Å². The number of amides is 4. The van der Waals surface area contributed by atoms with Gasteiger partial charge in [0.2, 0.25) is 23.6 Å². The van der Waals surface area contributed by atoms with Crippen molar-refractivity contribution in [2.75, 3.05) is 6.54 Å². The Balaban J connectivity index is 2.06. The number of benzene rings is 1. The number of carboxylic acids is 1. The van der Waals surface area contributed by atoms with Crippen LogP contribution < -0.4 is 22.1 Å². The fraction of sp³-hybridized carbons (Fsp3) is 0.522. The first-order valence-electron chi connectivity index (χ1n) is 11.5. The average molecular weight is 508 g/mol. The number of aliphatic hydroxyl groups is 1. The molecule has 1 fully saturated rings. The molecule has 9 N–H and O–H groups in total. The van der Waals surface area contributed by atoms with Gasteiger partial charge in [-0.05, 0) is 50.3 Å². The van der Waals surface area contributed by atoms with E-state index in [1.54, 1.807) is 12.1 Å². The van der Waals surface area contributed by atoms with Gasteiger partial charge in [-0.25, -0.2) is 4.79 Å². The molecule has 1 saturated heterocycles. The lowest BCUT2D eigenvalue weighted by Crippen LogP contribution is -2.59.